The molecule has 5 heteroatoms. The highest BCUT2D eigenvalue weighted by molar-refractivity contribution is 9.10. The molecule has 1 aromatic carbocycles. The van der Waals surface area contributed by atoms with Crippen LogP contribution in [0.3, 0.4) is 0 Å². The van der Waals surface area contributed by atoms with Gasteiger partial charge < -0.3 is 5.32 Å². The van der Waals surface area contributed by atoms with Gasteiger partial charge in [0.25, 0.3) is 0 Å². The van der Waals surface area contributed by atoms with Crippen molar-refractivity contribution in [3.8, 4) is 0 Å². The summed E-state index contributed by atoms with van der Waals surface area (Å²) >= 11 is 6.97. The molecule has 0 radical (unpaired) electrons. The molecule has 1 N–H and O–H groups in total. The lowest BCUT2D eigenvalue weighted by Gasteiger charge is -2.06. The van der Waals surface area contributed by atoms with Crippen LogP contribution in [0.2, 0.25) is 0 Å². The van der Waals surface area contributed by atoms with Crippen molar-refractivity contribution in [2.24, 2.45) is 0 Å². The van der Waals surface area contributed by atoms with Gasteiger partial charge in [-0.3, -0.25) is 0 Å². The molecule has 0 fully saturated rings. The molecular formula is C12H13BrN2S2. The van der Waals surface area contributed by atoms with Gasteiger partial charge in [-0.1, -0.05) is 40.7 Å². The average Bonchev–Trinajstić information content (AvgIpc) is 2.81. The Morgan fingerprint density at radius 3 is 3.00 bits per heavy atom. The van der Waals surface area contributed by atoms with E-state index in [1.807, 2.05) is 11.6 Å². The van der Waals surface area contributed by atoms with E-state index in [1.165, 1.54) is 10.5 Å². The van der Waals surface area contributed by atoms with Crippen LogP contribution in [-0.2, 0) is 6.54 Å². The highest BCUT2D eigenvalue weighted by Gasteiger charge is 2.04. The van der Waals surface area contributed by atoms with Gasteiger partial charge in [-0.2, -0.15) is 0 Å². The Kier molecular flexibility index (Phi) is 5.03. The Morgan fingerprint density at radius 2 is 2.35 bits per heavy atom. The van der Waals surface area contributed by atoms with E-state index < -0.39 is 0 Å². The molecule has 0 saturated carbocycles. The molecule has 0 saturated heterocycles. The summed E-state index contributed by atoms with van der Waals surface area (Å²) in [7, 11) is 0. The predicted molar refractivity (Wildman–Crippen MR) is 77.8 cm³/mol. The summed E-state index contributed by atoms with van der Waals surface area (Å²) in [5.74, 6) is 0. The van der Waals surface area contributed by atoms with Crippen LogP contribution in [-0.4, -0.2) is 11.5 Å². The molecule has 0 aliphatic carbocycles. The molecule has 90 valence electrons. The van der Waals surface area contributed by atoms with Crippen LogP contribution in [0.5, 0.6) is 0 Å². The average molecular weight is 329 g/mol. The van der Waals surface area contributed by atoms with Gasteiger partial charge in [0.05, 0.1) is 0 Å². The molecular weight excluding hydrogens is 316 g/mol. The molecule has 0 bridgehead atoms. The van der Waals surface area contributed by atoms with Crippen molar-refractivity contribution in [3.63, 3.8) is 0 Å². The highest BCUT2D eigenvalue weighted by atomic mass is 79.9. The highest BCUT2D eigenvalue weighted by Crippen LogP contribution is 2.31. The van der Waals surface area contributed by atoms with E-state index in [2.05, 4.69) is 51.4 Å². The molecule has 0 spiro atoms. The Labute approximate surface area is 118 Å². The summed E-state index contributed by atoms with van der Waals surface area (Å²) in [6.45, 7) is 4.00. The quantitative estimate of drug-likeness (QED) is 0.891. The maximum atomic E-state index is 4.27. The summed E-state index contributed by atoms with van der Waals surface area (Å²) in [5, 5.41) is 5.32. The topological polar surface area (TPSA) is 24.9 Å². The summed E-state index contributed by atoms with van der Waals surface area (Å²) in [4.78, 5) is 5.48. The number of nitrogens with one attached hydrogen (secondary N) is 1. The van der Waals surface area contributed by atoms with Crippen LogP contribution < -0.4 is 5.32 Å². The number of halogens is 1. The number of hydrogen-bond donors (Lipinski definition) is 1. The van der Waals surface area contributed by atoms with E-state index in [0.29, 0.717) is 0 Å². The summed E-state index contributed by atoms with van der Waals surface area (Å²) in [5.41, 5.74) is 1.29. The first-order valence-electron chi connectivity index (χ1n) is 5.36. The van der Waals surface area contributed by atoms with Gasteiger partial charge in [-0.15, -0.1) is 11.3 Å². The van der Waals surface area contributed by atoms with Crippen molar-refractivity contribution >= 4 is 39.0 Å². The number of nitrogens with zero attached hydrogens (tertiary/aromatic N) is 1. The smallest absolute Gasteiger partial charge is 0.154 e. The van der Waals surface area contributed by atoms with Crippen LogP contribution >= 0.6 is 39.0 Å². The first-order valence-corrected chi connectivity index (χ1v) is 7.85. The molecule has 0 amide bonds. The molecule has 0 aliphatic heterocycles. The summed E-state index contributed by atoms with van der Waals surface area (Å²) < 4.78 is 2.23. The number of benzene rings is 1. The first kappa shape index (κ1) is 13.1. The molecule has 1 aromatic heterocycles. The van der Waals surface area contributed by atoms with Crippen molar-refractivity contribution in [3.05, 3.63) is 39.8 Å². The number of thiazole rings is 1. The van der Waals surface area contributed by atoms with E-state index in [0.717, 1.165) is 21.9 Å². The second-order valence-electron chi connectivity index (χ2n) is 3.43. The molecule has 0 unspecified atom stereocenters. The van der Waals surface area contributed by atoms with E-state index >= 15 is 0 Å². The van der Waals surface area contributed by atoms with Crippen molar-refractivity contribution < 1.29 is 0 Å². The SMILES string of the molecule is CCNCc1ccc(Sc2nccs2)cc1Br. The van der Waals surface area contributed by atoms with Gasteiger partial charge in [0.1, 0.15) is 0 Å². The number of aromatic nitrogens is 1. The summed E-state index contributed by atoms with van der Waals surface area (Å²) in [6, 6.07) is 6.45. The van der Waals surface area contributed by atoms with Crippen LogP contribution in [0.15, 0.2) is 43.5 Å². The third kappa shape index (κ3) is 3.81. The van der Waals surface area contributed by atoms with Crippen molar-refractivity contribution in [2.45, 2.75) is 22.7 Å². The fourth-order valence-corrected chi connectivity index (χ4v) is 3.66. The van der Waals surface area contributed by atoms with Gasteiger partial charge in [0.15, 0.2) is 4.34 Å². The molecule has 2 aromatic rings. The van der Waals surface area contributed by atoms with Crippen molar-refractivity contribution in [1.82, 2.24) is 10.3 Å². The van der Waals surface area contributed by atoms with Crippen molar-refractivity contribution in [1.29, 1.82) is 0 Å². The first-order chi connectivity index (χ1) is 8.29. The van der Waals surface area contributed by atoms with Crippen LogP contribution in [0.4, 0.5) is 0 Å². The lowest BCUT2D eigenvalue weighted by atomic mass is 10.2. The van der Waals surface area contributed by atoms with E-state index in [4.69, 9.17) is 0 Å². The Bertz CT molecular complexity index is 471. The zero-order valence-electron chi connectivity index (χ0n) is 9.44. The number of hydrogen-bond acceptors (Lipinski definition) is 4. The Morgan fingerprint density at radius 1 is 1.47 bits per heavy atom. The van der Waals surface area contributed by atoms with E-state index in [1.54, 1.807) is 23.1 Å². The summed E-state index contributed by atoms with van der Waals surface area (Å²) in [6.07, 6.45) is 1.83. The maximum absolute atomic E-state index is 4.27. The van der Waals surface area contributed by atoms with E-state index in [9.17, 15) is 0 Å². The number of rotatable bonds is 5. The van der Waals surface area contributed by atoms with Gasteiger partial charge in [0, 0.05) is 27.5 Å². The zero-order chi connectivity index (χ0) is 12.1. The van der Waals surface area contributed by atoms with Gasteiger partial charge in [-0.05, 0) is 24.2 Å². The van der Waals surface area contributed by atoms with Gasteiger partial charge in [-0.25, -0.2) is 4.98 Å². The minimum atomic E-state index is 0.902. The Balaban J connectivity index is 2.08. The minimum absolute atomic E-state index is 0.902. The Hall–Kier alpha value is -0.360. The second kappa shape index (κ2) is 6.54. The normalized spacial score (nSPS) is 10.7. The molecule has 2 nitrogen and oxygen atoms in total. The van der Waals surface area contributed by atoms with Gasteiger partial charge in [0.2, 0.25) is 0 Å². The van der Waals surface area contributed by atoms with E-state index in [-0.39, 0.29) is 0 Å². The molecule has 0 aliphatic rings. The third-order valence-corrected chi connectivity index (χ3v) is 4.82. The lowest BCUT2D eigenvalue weighted by Crippen LogP contribution is -2.11. The molecule has 0 atom stereocenters. The third-order valence-electron chi connectivity index (χ3n) is 2.20. The van der Waals surface area contributed by atoms with Crippen LogP contribution in [0, 0.1) is 0 Å². The molecule has 2 rings (SSSR count). The monoisotopic (exact) mass is 328 g/mol. The fraction of sp³-hybridized carbons (Fsp3) is 0.250. The van der Waals surface area contributed by atoms with Gasteiger partial charge >= 0.3 is 0 Å². The zero-order valence-corrected chi connectivity index (χ0v) is 12.7. The molecule has 1 heterocycles. The fourth-order valence-electron chi connectivity index (χ4n) is 1.36. The van der Waals surface area contributed by atoms with Crippen molar-refractivity contribution in [2.75, 3.05) is 6.54 Å². The lowest BCUT2D eigenvalue weighted by molar-refractivity contribution is 0.724. The largest absolute Gasteiger partial charge is 0.313 e. The maximum Gasteiger partial charge on any atom is 0.154 e. The minimum Gasteiger partial charge on any atom is -0.313 e. The molecule has 17 heavy (non-hydrogen) atoms. The predicted octanol–water partition coefficient (Wildman–Crippen LogP) is 4.17. The van der Waals surface area contributed by atoms with Crippen LogP contribution in [0.1, 0.15) is 12.5 Å². The van der Waals surface area contributed by atoms with Crippen LogP contribution in [0.25, 0.3) is 0 Å². The second-order valence-corrected chi connectivity index (χ2v) is 6.50. The standard InChI is InChI=1S/C12H13BrN2S2/c1-2-14-8-9-3-4-10(7-11(9)13)17-12-15-5-6-16-12/h3-7,14H,2,8H2,1H3.